The van der Waals surface area contributed by atoms with Crippen LogP contribution in [0.3, 0.4) is 0 Å². The molecule has 0 saturated heterocycles. The Hall–Kier alpha value is -1.59. The topological polar surface area (TPSA) is 59.0 Å². The number of hydrogen-bond donors (Lipinski definition) is 1. The van der Waals surface area contributed by atoms with Gasteiger partial charge in [-0.2, -0.15) is 0 Å². The van der Waals surface area contributed by atoms with Gasteiger partial charge in [0, 0.05) is 26.8 Å². The maximum absolute atomic E-state index is 10.8. The van der Waals surface area contributed by atoms with E-state index in [1.807, 2.05) is 7.05 Å². The zero-order chi connectivity index (χ0) is 14.1. The van der Waals surface area contributed by atoms with E-state index in [1.165, 1.54) is 6.07 Å². The Kier molecular flexibility index (Phi) is 6.92. The van der Waals surface area contributed by atoms with Crippen LogP contribution < -0.4 is 4.74 Å². The standard InChI is InChI=1S/C14H21NO4/c1-15(7-4-9-18-2)8-10-19-13-6-3-5-12(11-13)14(16)17/h3,5-6,11H,4,7-10H2,1-2H3,(H,16,17). The highest BCUT2D eigenvalue weighted by Crippen LogP contribution is 2.13. The lowest BCUT2D eigenvalue weighted by Crippen LogP contribution is -2.26. The Morgan fingerprint density at radius 2 is 2.11 bits per heavy atom. The predicted molar refractivity (Wildman–Crippen MR) is 72.9 cm³/mol. The molecule has 0 radical (unpaired) electrons. The molecule has 0 bridgehead atoms. The summed E-state index contributed by atoms with van der Waals surface area (Å²) in [5, 5.41) is 8.87. The molecule has 5 nitrogen and oxygen atoms in total. The Labute approximate surface area is 113 Å². The van der Waals surface area contributed by atoms with Crippen LogP contribution >= 0.6 is 0 Å². The molecule has 19 heavy (non-hydrogen) atoms. The van der Waals surface area contributed by atoms with Crippen molar-refractivity contribution >= 4 is 5.97 Å². The normalized spacial score (nSPS) is 10.7. The minimum absolute atomic E-state index is 0.242. The third-order valence-electron chi connectivity index (χ3n) is 2.71. The van der Waals surface area contributed by atoms with Gasteiger partial charge in [0.25, 0.3) is 0 Å². The molecule has 0 amide bonds. The molecule has 0 aromatic heterocycles. The van der Waals surface area contributed by atoms with E-state index in [0.29, 0.717) is 12.4 Å². The van der Waals surface area contributed by atoms with Crippen LogP contribution in [0.5, 0.6) is 5.75 Å². The van der Waals surface area contributed by atoms with Crippen molar-refractivity contribution in [1.82, 2.24) is 4.90 Å². The molecule has 0 aliphatic heterocycles. The SMILES string of the molecule is COCCCN(C)CCOc1cccc(C(=O)O)c1. The molecule has 0 unspecified atom stereocenters. The molecule has 0 aliphatic rings. The minimum Gasteiger partial charge on any atom is -0.492 e. The summed E-state index contributed by atoms with van der Waals surface area (Å²) in [4.78, 5) is 13.0. The highest BCUT2D eigenvalue weighted by Gasteiger charge is 2.04. The number of benzene rings is 1. The first kappa shape index (κ1) is 15.5. The smallest absolute Gasteiger partial charge is 0.335 e. The highest BCUT2D eigenvalue weighted by molar-refractivity contribution is 5.87. The quantitative estimate of drug-likeness (QED) is 0.690. The molecule has 1 rings (SSSR count). The first-order valence-electron chi connectivity index (χ1n) is 6.27. The fourth-order valence-corrected chi connectivity index (χ4v) is 1.63. The molecule has 0 fully saturated rings. The van der Waals surface area contributed by atoms with Gasteiger partial charge in [0.05, 0.1) is 5.56 Å². The lowest BCUT2D eigenvalue weighted by atomic mass is 10.2. The summed E-state index contributed by atoms with van der Waals surface area (Å²) in [6, 6.07) is 6.53. The highest BCUT2D eigenvalue weighted by atomic mass is 16.5. The second-order valence-corrected chi connectivity index (χ2v) is 4.33. The van der Waals surface area contributed by atoms with Crippen LogP contribution in [0.4, 0.5) is 0 Å². The van der Waals surface area contributed by atoms with E-state index in [4.69, 9.17) is 14.6 Å². The molecular weight excluding hydrogens is 246 g/mol. The second-order valence-electron chi connectivity index (χ2n) is 4.33. The van der Waals surface area contributed by atoms with Gasteiger partial charge in [-0.05, 0) is 31.7 Å². The van der Waals surface area contributed by atoms with Crippen LogP contribution in [0, 0.1) is 0 Å². The number of carbonyl (C=O) groups is 1. The zero-order valence-electron chi connectivity index (χ0n) is 11.5. The fourth-order valence-electron chi connectivity index (χ4n) is 1.63. The first-order valence-corrected chi connectivity index (χ1v) is 6.27. The maximum Gasteiger partial charge on any atom is 0.335 e. The summed E-state index contributed by atoms with van der Waals surface area (Å²) in [7, 11) is 3.71. The van der Waals surface area contributed by atoms with E-state index < -0.39 is 5.97 Å². The van der Waals surface area contributed by atoms with Crippen molar-refractivity contribution in [3.63, 3.8) is 0 Å². The predicted octanol–water partition coefficient (Wildman–Crippen LogP) is 1.73. The van der Waals surface area contributed by atoms with Crippen LogP contribution in [-0.4, -0.2) is 56.4 Å². The van der Waals surface area contributed by atoms with E-state index in [0.717, 1.165) is 26.1 Å². The number of carboxylic acids is 1. The van der Waals surface area contributed by atoms with Crippen LogP contribution in [0.2, 0.25) is 0 Å². The maximum atomic E-state index is 10.8. The molecule has 1 aromatic carbocycles. The molecule has 0 saturated carbocycles. The molecule has 0 atom stereocenters. The van der Waals surface area contributed by atoms with E-state index in [2.05, 4.69) is 4.90 Å². The van der Waals surface area contributed by atoms with Gasteiger partial charge < -0.3 is 19.5 Å². The monoisotopic (exact) mass is 267 g/mol. The summed E-state index contributed by atoms with van der Waals surface area (Å²) in [6.07, 6.45) is 0.988. The van der Waals surface area contributed by atoms with Gasteiger partial charge in [-0.3, -0.25) is 0 Å². The van der Waals surface area contributed by atoms with E-state index in [-0.39, 0.29) is 5.56 Å². The number of nitrogens with zero attached hydrogens (tertiary/aromatic N) is 1. The lowest BCUT2D eigenvalue weighted by molar-refractivity contribution is 0.0696. The molecular formula is C14H21NO4. The second kappa shape index (κ2) is 8.50. The van der Waals surface area contributed by atoms with Crippen LogP contribution in [0.1, 0.15) is 16.8 Å². The van der Waals surface area contributed by atoms with E-state index in [9.17, 15) is 4.79 Å². The minimum atomic E-state index is -0.942. The third-order valence-corrected chi connectivity index (χ3v) is 2.71. The van der Waals surface area contributed by atoms with Gasteiger partial charge in [-0.15, -0.1) is 0 Å². The van der Waals surface area contributed by atoms with Gasteiger partial charge in [0.15, 0.2) is 0 Å². The van der Waals surface area contributed by atoms with Crippen LogP contribution in [-0.2, 0) is 4.74 Å². The van der Waals surface area contributed by atoms with Crippen molar-refractivity contribution in [3.05, 3.63) is 29.8 Å². The average Bonchev–Trinajstić information content (AvgIpc) is 2.39. The van der Waals surface area contributed by atoms with Gasteiger partial charge in [0.1, 0.15) is 12.4 Å². The van der Waals surface area contributed by atoms with Crippen LogP contribution in [0.25, 0.3) is 0 Å². The van der Waals surface area contributed by atoms with Crippen molar-refractivity contribution in [2.24, 2.45) is 0 Å². The van der Waals surface area contributed by atoms with Crippen molar-refractivity contribution in [2.75, 3.05) is 40.5 Å². The number of hydrogen-bond acceptors (Lipinski definition) is 4. The Bertz CT molecular complexity index is 395. The van der Waals surface area contributed by atoms with E-state index >= 15 is 0 Å². The third kappa shape index (κ3) is 6.22. The van der Waals surface area contributed by atoms with E-state index in [1.54, 1.807) is 25.3 Å². The molecule has 0 spiro atoms. The first-order chi connectivity index (χ1) is 9.13. The van der Waals surface area contributed by atoms with Crippen molar-refractivity contribution in [2.45, 2.75) is 6.42 Å². The number of ether oxygens (including phenoxy) is 2. The fraction of sp³-hybridized carbons (Fsp3) is 0.500. The zero-order valence-corrected chi connectivity index (χ0v) is 11.5. The van der Waals surface area contributed by atoms with Crippen LogP contribution in [0.15, 0.2) is 24.3 Å². The Morgan fingerprint density at radius 3 is 2.79 bits per heavy atom. The summed E-state index contributed by atoms with van der Waals surface area (Å²) in [6.45, 7) is 3.03. The Morgan fingerprint density at radius 1 is 1.32 bits per heavy atom. The molecule has 106 valence electrons. The number of likely N-dealkylation sites (N-methyl/N-ethyl adjacent to an activating group) is 1. The van der Waals surface area contributed by atoms with Gasteiger partial charge in [-0.25, -0.2) is 4.79 Å². The Balaban J connectivity index is 2.28. The molecule has 0 aliphatic carbocycles. The average molecular weight is 267 g/mol. The van der Waals surface area contributed by atoms with Crippen molar-refractivity contribution in [1.29, 1.82) is 0 Å². The molecule has 1 aromatic rings. The summed E-state index contributed by atoms with van der Waals surface area (Å²) in [5.74, 6) is -0.354. The number of carboxylic acid groups (broad SMARTS) is 1. The molecule has 5 heteroatoms. The summed E-state index contributed by atoms with van der Waals surface area (Å²) in [5.41, 5.74) is 0.242. The number of methoxy groups -OCH3 is 1. The largest absolute Gasteiger partial charge is 0.492 e. The molecule has 1 N–H and O–H groups in total. The summed E-state index contributed by atoms with van der Waals surface area (Å²) < 4.78 is 10.5. The van der Waals surface area contributed by atoms with Gasteiger partial charge >= 0.3 is 5.97 Å². The van der Waals surface area contributed by atoms with Gasteiger partial charge in [0.2, 0.25) is 0 Å². The molecule has 0 heterocycles. The lowest BCUT2D eigenvalue weighted by Gasteiger charge is -2.16. The number of rotatable bonds is 9. The van der Waals surface area contributed by atoms with Gasteiger partial charge in [-0.1, -0.05) is 6.07 Å². The van der Waals surface area contributed by atoms with Crippen molar-refractivity contribution < 1.29 is 19.4 Å². The summed E-state index contributed by atoms with van der Waals surface area (Å²) >= 11 is 0. The van der Waals surface area contributed by atoms with Crippen molar-refractivity contribution in [3.8, 4) is 5.75 Å². The number of aromatic carboxylic acids is 1.